The van der Waals surface area contributed by atoms with Gasteiger partial charge in [0.05, 0.1) is 11.9 Å². The van der Waals surface area contributed by atoms with Crippen molar-refractivity contribution in [1.29, 1.82) is 0 Å². The second-order valence-corrected chi connectivity index (χ2v) is 4.29. The van der Waals surface area contributed by atoms with Gasteiger partial charge in [-0.15, -0.1) is 0 Å². The van der Waals surface area contributed by atoms with Gasteiger partial charge in [-0.05, 0) is 23.8 Å². The minimum absolute atomic E-state index is 0.448. The minimum Gasteiger partial charge on any atom is -0.264 e. The molecule has 0 spiro atoms. The lowest BCUT2D eigenvalue weighted by Crippen LogP contribution is -1.97. The van der Waals surface area contributed by atoms with Crippen molar-refractivity contribution in [3.63, 3.8) is 0 Å². The summed E-state index contributed by atoms with van der Waals surface area (Å²) < 4.78 is 0. The zero-order valence-corrected chi connectivity index (χ0v) is 11.2. The molecule has 0 radical (unpaired) electrons. The SMILES string of the molecule is C(=N/Nc1nccc(-c2cccnc2)n1)/c1ccccc1. The molecule has 0 aliphatic heterocycles. The van der Waals surface area contributed by atoms with Crippen molar-refractivity contribution in [3.05, 3.63) is 72.7 Å². The van der Waals surface area contributed by atoms with Crippen molar-refractivity contribution >= 4 is 12.2 Å². The van der Waals surface area contributed by atoms with Crippen molar-refractivity contribution in [2.75, 3.05) is 5.43 Å². The number of hydrazone groups is 1. The standard InChI is InChI=1S/C16H13N5/c1-2-5-13(6-3-1)11-19-21-16-18-10-8-15(20-16)14-7-4-9-17-12-14/h1-12H,(H,18,20,21)/b19-11-. The fourth-order valence-corrected chi connectivity index (χ4v) is 1.79. The van der Waals surface area contributed by atoms with Crippen molar-refractivity contribution in [2.24, 2.45) is 5.10 Å². The average Bonchev–Trinajstić information content (AvgIpc) is 2.57. The van der Waals surface area contributed by atoms with Gasteiger partial charge in [0.2, 0.25) is 5.95 Å². The van der Waals surface area contributed by atoms with Crippen molar-refractivity contribution < 1.29 is 0 Å². The third-order valence-electron chi connectivity index (χ3n) is 2.79. The molecule has 0 unspecified atom stereocenters. The lowest BCUT2D eigenvalue weighted by Gasteiger charge is -2.02. The van der Waals surface area contributed by atoms with Crippen LogP contribution in [0.4, 0.5) is 5.95 Å². The first kappa shape index (κ1) is 12.9. The summed E-state index contributed by atoms with van der Waals surface area (Å²) in [6.45, 7) is 0. The third-order valence-corrected chi connectivity index (χ3v) is 2.79. The van der Waals surface area contributed by atoms with E-state index in [0.717, 1.165) is 16.8 Å². The van der Waals surface area contributed by atoms with E-state index >= 15 is 0 Å². The molecule has 0 atom stereocenters. The van der Waals surface area contributed by atoms with E-state index in [4.69, 9.17) is 0 Å². The molecule has 0 aliphatic rings. The molecule has 2 aromatic heterocycles. The van der Waals surface area contributed by atoms with Gasteiger partial charge < -0.3 is 0 Å². The van der Waals surface area contributed by atoms with Crippen LogP contribution in [0.2, 0.25) is 0 Å². The maximum absolute atomic E-state index is 4.40. The van der Waals surface area contributed by atoms with E-state index in [9.17, 15) is 0 Å². The van der Waals surface area contributed by atoms with Crippen molar-refractivity contribution in [2.45, 2.75) is 0 Å². The predicted octanol–water partition coefficient (Wildman–Crippen LogP) is 2.98. The fourth-order valence-electron chi connectivity index (χ4n) is 1.79. The van der Waals surface area contributed by atoms with Gasteiger partial charge in [-0.1, -0.05) is 30.3 Å². The molecule has 0 saturated heterocycles. The van der Waals surface area contributed by atoms with E-state index in [1.807, 2.05) is 48.5 Å². The van der Waals surface area contributed by atoms with Gasteiger partial charge in [-0.25, -0.2) is 15.4 Å². The summed E-state index contributed by atoms with van der Waals surface area (Å²) in [5.41, 5.74) is 5.58. The van der Waals surface area contributed by atoms with Gasteiger partial charge >= 0.3 is 0 Å². The second-order valence-electron chi connectivity index (χ2n) is 4.29. The number of rotatable bonds is 4. The normalized spacial score (nSPS) is 10.7. The summed E-state index contributed by atoms with van der Waals surface area (Å²) >= 11 is 0. The quantitative estimate of drug-likeness (QED) is 0.587. The number of aromatic nitrogens is 3. The van der Waals surface area contributed by atoms with Gasteiger partial charge in [0, 0.05) is 24.2 Å². The third kappa shape index (κ3) is 3.48. The molecule has 0 amide bonds. The Kier molecular flexibility index (Phi) is 3.93. The van der Waals surface area contributed by atoms with Crippen LogP contribution >= 0.6 is 0 Å². The predicted molar refractivity (Wildman–Crippen MR) is 82.9 cm³/mol. The Balaban J connectivity index is 1.74. The Morgan fingerprint density at radius 1 is 0.952 bits per heavy atom. The number of hydrogen-bond acceptors (Lipinski definition) is 5. The fraction of sp³-hybridized carbons (Fsp3) is 0. The van der Waals surface area contributed by atoms with Crippen LogP contribution in [0.3, 0.4) is 0 Å². The zero-order chi connectivity index (χ0) is 14.3. The Morgan fingerprint density at radius 3 is 2.67 bits per heavy atom. The van der Waals surface area contributed by atoms with Gasteiger partial charge in [-0.3, -0.25) is 4.98 Å². The molecule has 2 heterocycles. The highest BCUT2D eigenvalue weighted by Gasteiger charge is 2.00. The molecule has 3 rings (SSSR count). The molecular weight excluding hydrogens is 262 g/mol. The Bertz CT molecular complexity index is 726. The van der Waals surface area contributed by atoms with Gasteiger partial charge in [0.15, 0.2) is 0 Å². The summed E-state index contributed by atoms with van der Waals surface area (Å²) in [5, 5.41) is 4.13. The average molecular weight is 275 g/mol. The molecule has 0 fully saturated rings. The van der Waals surface area contributed by atoms with Crippen LogP contribution in [-0.2, 0) is 0 Å². The second kappa shape index (κ2) is 6.38. The molecule has 0 aliphatic carbocycles. The highest BCUT2D eigenvalue weighted by molar-refractivity contribution is 5.79. The number of hydrogen-bond donors (Lipinski definition) is 1. The summed E-state index contributed by atoms with van der Waals surface area (Å²) in [5.74, 6) is 0.448. The summed E-state index contributed by atoms with van der Waals surface area (Å²) in [6, 6.07) is 15.5. The maximum atomic E-state index is 4.40. The summed E-state index contributed by atoms with van der Waals surface area (Å²) in [6.07, 6.45) is 6.91. The first-order valence-electron chi connectivity index (χ1n) is 6.49. The van der Waals surface area contributed by atoms with Crippen LogP contribution in [0, 0.1) is 0 Å². The monoisotopic (exact) mass is 275 g/mol. The molecule has 3 aromatic rings. The van der Waals surface area contributed by atoms with Crippen LogP contribution in [0.1, 0.15) is 5.56 Å². The largest absolute Gasteiger partial charge is 0.264 e. The topological polar surface area (TPSA) is 63.1 Å². The molecule has 5 heteroatoms. The van der Waals surface area contributed by atoms with Crippen LogP contribution in [-0.4, -0.2) is 21.2 Å². The van der Waals surface area contributed by atoms with Crippen molar-refractivity contribution in [1.82, 2.24) is 15.0 Å². The molecular formula is C16H13N5. The highest BCUT2D eigenvalue weighted by Crippen LogP contribution is 2.15. The van der Waals surface area contributed by atoms with Crippen molar-refractivity contribution in [3.8, 4) is 11.3 Å². The number of benzene rings is 1. The molecule has 1 aromatic carbocycles. The van der Waals surface area contributed by atoms with Crippen LogP contribution < -0.4 is 5.43 Å². The van der Waals surface area contributed by atoms with E-state index < -0.39 is 0 Å². The van der Waals surface area contributed by atoms with E-state index in [0.29, 0.717) is 5.95 Å². The lowest BCUT2D eigenvalue weighted by molar-refractivity contribution is 1.12. The van der Waals surface area contributed by atoms with E-state index in [1.54, 1.807) is 24.8 Å². The first-order valence-corrected chi connectivity index (χ1v) is 6.49. The summed E-state index contributed by atoms with van der Waals surface area (Å²) in [7, 11) is 0. The molecule has 0 saturated carbocycles. The molecule has 21 heavy (non-hydrogen) atoms. The van der Waals surface area contributed by atoms with Gasteiger partial charge in [0.25, 0.3) is 0 Å². The van der Waals surface area contributed by atoms with Gasteiger partial charge in [0.1, 0.15) is 0 Å². The van der Waals surface area contributed by atoms with Crippen LogP contribution in [0.25, 0.3) is 11.3 Å². The van der Waals surface area contributed by atoms with E-state index in [-0.39, 0.29) is 0 Å². The number of nitrogens with one attached hydrogen (secondary N) is 1. The highest BCUT2D eigenvalue weighted by atomic mass is 15.3. The minimum atomic E-state index is 0.448. The number of pyridine rings is 1. The Labute approximate surface area is 122 Å². The Hall–Kier alpha value is -3.08. The number of nitrogens with zero attached hydrogens (tertiary/aromatic N) is 4. The molecule has 0 bridgehead atoms. The number of anilines is 1. The van der Waals surface area contributed by atoms with Crippen LogP contribution in [0.15, 0.2) is 72.2 Å². The molecule has 1 N–H and O–H groups in total. The first-order chi connectivity index (χ1) is 10.4. The van der Waals surface area contributed by atoms with E-state index in [2.05, 4.69) is 25.5 Å². The smallest absolute Gasteiger partial charge is 0.244 e. The Morgan fingerprint density at radius 2 is 1.86 bits per heavy atom. The maximum Gasteiger partial charge on any atom is 0.244 e. The summed E-state index contributed by atoms with van der Waals surface area (Å²) in [4.78, 5) is 12.6. The van der Waals surface area contributed by atoms with Gasteiger partial charge in [-0.2, -0.15) is 5.10 Å². The van der Waals surface area contributed by atoms with Crippen LogP contribution in [0.5, 0.6) is 0 Å². The van der Waals surface area contributed by atoms with E-state index in [1.165, 1.54) is 0 Å². The molecule has 5 nitrogen and oxygen atoms in total. The molecule has 102 valence electrons. The lowest BCUT2D eigenvalue weighted by atomic mass is 10.2. The zero-order valence-electron chi connectivity index (χ0n) is 11.2.